The van der Waals surface area contributed by atoms with Gasteiger partial charge in [0.25, 0.3) is 0 Å². The van der Waals surface area contributed by atoms with E-state index in [-0.39, 0.29) is 0 Å². The lowest BCUT2D eigenvalue weighted by atomic mass is 9.82. The van der Waals surface area contributed by atoms with Crippen LogP contribution in [0.5, 0.6) is 0 Å². The van der Waals surface area contributed by atoms with Crippen molar-refractivity contribution in [2.24, 2.45) is 10.9 Å². The summed E-state index contributed by atoms with van der Waals surface area (Å²) < 4.78 is 0. The molecule has 2 atom stereocenters. The standard InChI is InChI=1S/C13H22N2O/c1-2-3-12-8-11(10-15-12)9-13(16)4-6-14-7-5-13/h2,10-12,14,16H,1,3-9H2. The average molecular weight is 222 g/mol. The van der Waals surface area contributed by atoms with Gasteiger partial charge in [-0.15, -0.1) is 6.58 Å². The molecule has 0 spiro atoms. The summed E-state index contributed by atoms with van der Waals surface area (Å²) in [6.45, 7) is 5.63. The number of hydrogen-bond donors (Lipinski definition) is 2. The van der Waals surface area contributed by atoms with E-state index in [9.17, 15) is 5.11 Å². The maximum Gasteiger partial charge on any atom is 0.0678 e. The molecule has 90 valence electrons. The summed E-state index contributed by atoms with van der Waals surface area (Å²) in [7, 11) is 0. The first-order valence-corrected chi connectivity index (χ1v) is 6.29. The molecule has 16 heavy (non-hydrogen) atoms. The lowest BCUT2D eigenvalue weighted by molar-refractivity contribution is -0.00497. The van der Waals surface area contributed by atoms with Gasteiger partial charge in [0, 0.05) is 6.21 Å². The van der Waals surface area contributed by atoms with Gasteiger partial charge >= 0.3 is 0 Å². The highest BCUT2D eigenvalue weighted by Gasteiger charge is 2.33. The number of hydrogen-bond acceptors (Lipinski definition) is 3. The van der Waals surface area contributed by atoms with Crippen molar-refractivity contribution in [1.82, 2.24) is 5.32 Å². The van der Waals surface area contributed by atoms with E-state index in [2.05, 4.69) is 16.9 Å². The first-order chi connectivity index (χ1) is 7.72. The van der Waals surface area contributed by atoms with Gasteiger partial charge in [0.05, 0.1) is 11.6 Å². The zero-order chi connectivity index (χ0) is 11.4. The zero-order valence-corrected chi connectivity index (χ0v) is 9.86. The van der Waals surface area contributed by atoms with Gasteiger partial charge in [0.2, 0.25) is 0 Å². The minimum atomic E-state index is -0.453. The highest BCUT2D eigenvalue weighted by molar-refractivity contribution is 5.63. The summed E-state index contributed by atoms with van der Waals surface area (Å²) in [5.41, 5.74) is -0.453. The molecule has 0 bridgehead atoms. The zero-order valence-electron chi connectivity index (χ0n) is 9.86. The molecule has 3 heteroatoms. The lowest BCUT2D eigenvalue weighted by Gasteiger charge is -2.34. The van der Waals surface area contributed by atoms with Crippen LogP contribution in [0, 0.1) is 5.92 Å². The minimum absolute atomic E-state index is 0.410. The van der Waals surface area contributed by atoms with Gasteiger partial charge < -0.3 is 10.4 Å². The molecule has 2 aliphatic rings. The number of nitrogens with zero attached hydrogens (tertiary/aromatic N) is 1. The van der Waals surface area contributed by atoms with E-state index in [1.54, 1.807) is 0 Å². The van der Waals surface area contributed by atoms with Crippen molar-refractivity contribution in [3.63, 3.8) is 0 Å². The fourth-order valence-electron chi connectivity index (χ4n) is 2.78. The lowest BCUT2D eigenvalue weighted by Crippen LogP contribution is -2.43. The largest absolute Gasteiger partial charge is 0.390 e. The fraction of sp³-hybridized carbons (Fsp3) is 0.769. The molecule has 2 aliphatic heterocycles. The fourth-order valence-corrected chi connectivity index (χ4v) is 2.78. The Morgan fingerprint density at radius 3 is 2.94 bits per heavy atom. The van der Waals surface area contributed by atoms with Crippen LogP contribution >= 0.6 is 0 Å². The van der Waals surface area contributed by atoms with Gasteiger partial charge in [-0.25, -0.2) is 0 Å². The maximum absolute atomic E-state index is 10.4. The molecule has 1 fully saturated rings. The van der Waals surface area contributed by atoms with Crippen molar-refractivity contribution in [3.8, 4) is 0 Å². The van der Waals surface area contributed by atoms with Crippen molar-refractivity contribution in [1.29, 1.82) is 0 Å². The molecule has 3 nitrogen and oxygen atoms in total. The third-order valence-corrected chi connectivity index (χ3v) is 3.70. The SMILES string of the molecule is C=CCC1CC(CC2(O)CCNCC2)C=N1. The van der Waals surface area contributed by atoms with E-state index >= 15 is 0 Å². The molecular formula is C13H22N2O. The molecule has 0 radical (unpaired) electrons. The smallest absolute Gasteiger partial charge is 0.0678 e. The van der Waals surface area contributed by atoms with Gasteiger partial charge in [-0.05, 0) is 51.1 Å². The van der Waals surface area contributed by atoms with Gasteiger partial charge in [-0.3, -0.25) is 4.99 Å². The maximum atomic E-state index is 10.4. The molecule has 2 unspecified atom stereocenters. The number of piperidine rings is 1. The predicted molar refractivity (Wildman–Crippen MR) is 66.9 cm³/mol. The normalized spacial score (nSPS) is 32.8. The average Bonchev–Trinajstić information content (AvgIpc) is 2.66. The minimum Gasteiger partial charge on any atom is -0.390 e. The van der Waals surface area contributed by atoms with Crippen LogP contribution < -0.4 is 5.32 Å². The summed E-state index contributed by atoms with van der Waals surface area (Å²) in [6, 6.07) is 0.410. The van der Waals surface area contributed by atoms with Crippen LogP contribution in [0.2, 0.25) is 0 Å². The van der Waals surface area contributed by atoms with Crippen molar-refractivity contribution in [2.45, 2.75) is 43.7 Å². The van der Waals surface area contributed by atoms with Gasteiger partial charge in [-0.1, -0.05) is 6.08 Å². The summed E-state index contributed by atoms with van der Waals surface area (Å²) in [5, 5.41) is 13.7. The molecule has 2 N–H and O–H groups in total. The Bertz CT molecular complexity index is 269. The summed E-state index contributed by atoms with van der Waals surface area (Å²) >= 11 is 0. The monoisotopic (exact) mass is 222 g/mol. The Morgan fingerprint density at radius 2 is 2.25 bits per heavy atom. The van der Waals surface area contributed by atoms with Crippen molar-refractivity contribution < 1.29 is 5.11 Å². The Kier molecular flexibility index (Phi) is 3.77. The van der Waals surface area contributed by atoms with E-state index in [1.807, 2.05) is 12.3 Å². The van der Waals surface area contributed by atoms with Crippen LogP contribution in [-0.2, 0) is 0 Å². The number of aliphatic hydroxyl groups is 1. The highest BCUT2D eigenvalue weighted by Crippen LogP contribution is 2.31. The van der Waals surface area contributed by atoms with E-state index in [1.165, 1.54) is 0 Å². The quantitative estimate of drug-likeness (QED) is 0.708. The second kappa shape index (κ2) is 5.11. The molecule has 0 amide bonds. The Labute approximate surface area is 97.7 Å². The third kappa shape index (κ3) is 2.92. The second-order valence-electron chi connectivity index (χ2n) is 5.15. The summed E-state index contributed by atoms with van der Waals surface area (Å²) in [4.78, 5) is 4.48. The van der Waals surface area contributed by atoms with Crippen LogP contribution in [-0.4, -0.2) is 36.1 Å². The van der Waals surface area contributed by atoms with E-state index < -0.39 is 5.60 Å². The third-order valence-electron chi connectivity index (χ3n) is 3.70. The van der Waals surface area contributed by atoms with Crippen LogP contribution in [0.25, 0.3) is 0 Å². The molecule has 0 aromatic carbocycles. The second-order valence-corrected chi connectivity index (χ2v) is 5.15. The first kappa shape index (κ1) is 11.8. The highest BCUT2D eigenvalue weighted by atomic mass is 16.3. The van der Waals surface area contributed by atoms with Crippen LogP contribution in [0.3, 0.4) is 0 Å². The van der Waals surface area contributed by atoms with Crippen molar-refractivity contribution in [2.75, 3.05) is 13.1 Å². The number of nitrogens with one attached hydrogen (secondary N) is 1. The molecule has 1 saturated heterocycles. The molecule has 2 heterocycles. The van der Waals surface area contributed by atoms with Crippen LogP contribution in [0.15, 0.2) is 17.6 Å². The van der Waals surface area contributed by atoms with Gasteiger partial charge in [-0.2, -0.15) is 0 Å². The Balaban J connectivity index is 1.82. The first-order valence-electron chi connectivity index (χ1n) is 6.29. The van der Waals surface area contributed by atoms with Gasteiger partial charge in [0.15, 0.2) is 0 Å². The number of aliphatic imine (C=N–C) groups is 1. The van der Waals surface area contributed by atoms with E-state index in [0.717, 1.165) is 45.2 Å². The molecule has 0 saturated carbocycles. The topological polar surface area (TPSA) is 44.6 Å². The Hall–Kier alpha value is -0.670. The summed E-state index contributed by atoms with van der Waals surface area (Å²) in [6.07, 6.45) is 8.67. The van der Waals surface area contributed by atoms with Crippen LogP contribution in [0.1, 0.15) is 32.1 Å². The number of rotatable bonds is 4. The predicted octanol–water partition coefficient (Wildman–Crippen LogP) is 1.53. The molecule has 0 aromatic heterocycles. The van der Waals surface area contributed by atoms with E-state index in [4.69, 9.17) is 0 Å². The molecule has 0 aliphatic carbocycles. The van der Waals surface area contributed by atoms with Crippen molar-refractivity contribution in [3.05, 3.63) is 12.7 Å². The van der Waals surface area contributed by atoms with Crippen LogP contribution in [0.4, 0.5) is 0 Å². The summed E-state index contributed by atoms with van der Waals surface area (Å²) in [5.74, 6) is 0.466. The molecule has 2 rings (SSSR count). The van der Waals surface area contributed by atoms with E-state index in [0.29, 0.717) is 12.0 Å². The molecular weight excluding hydrogens is 200 g/mol. The molecule has 0 aromatic rings. The Morgan fingerprint density at radius 1 is 1.50 bits per heavy atom. The van der Waals surface area contributed by atoms with Gasteiger partial charge in [0.1, 0.15) is 0 Å². The van der Waals surface area contributed by atoms with Crippen molar-refractivity contribution >= 4 is 6.21 Å².